The van der Waals surface area contributed by atoms with Crippen LogP contribution in [-0.4, -0.2) is 50.1 Å². The molecule has 0 aromatic carbocycles. The van der Waals surface area contributed by atoms with Gasteiger partial charge < -0.3 is 15.5 Å². The van der Waals surface area contributed by atoms with Crippen molar-refractivity contribution < 1.29 is 15.0 Å². The van der Waals surface area contributed by atoms with E-state index in [9.17, 15) is 15.0 Å². The molecule has 4 N–H and O–H groups in total. The van der Waals surface area contributed by atoms with Crippen LogP contribution < -0.4 is 5.32 Å². The van der Waals surface area contributed by atoms with Crippen LogP contribution in [-0.2, 0) is 0 Å². The van der Waals surface area contributed by atoms with Gasteiger partial charge in [-0.3, -0.25) is 9.89 Å². The molecule has 102 valence electrons. The van der Waals surface area contributed by atoms with E-state index in [-0.39, 0.29) is 25.0 Å². The van der Waals surface area contributed by atoms with Gasteiger partial charge in [-0.1, -0.05) is 20.8 Å². The van der Waals surface area contributed by atoms with Gasteiger partial charge in [0.05, 0.1) is 18.8 Å². The lowest BCUT2D eigenvalue weighted by Gasteiger charge is -2.28. The van der Waals surface area contributed by atoms with Crippen molar-refractivity contribution in [1.29, 1.82) is 0 Å². The van der Waals surface area contributed by atoms with Gasteiger partial charge >= 0.3 is 0 Å². The summed E-state index contributed by atoms with van der Waals surface area (Å²) < 4.78 is 0. The number of rotatable bonds is 6. The first-order chi connectivity index (χ1) is 8.48. The van der Waals surface area contributed by atoms with Gasteiger partial charge in [0.25, 0.3) is 5.91 Å². The molecule has 0 saturated carbocycles. The van der Waals surface area contributed by atoms with E-state index in [4.69, 9.17) is 0 Å². The Hall–Kier alpha value is -1.47. The normalized spacial score (nSPS) is 11.9. The Kier molecular flexibility index (Phi) is 4.80. The molecule has 1 amide bonds. The number of carbonyl (C=O) groups is 1. The third-order valence-corrected chi connectivity index (χ3v) is 2.91. The van der Waals surface area contributed by atoms with Crippen molar-refractivity contribution in [2.75, 3.05) is 13.2 Å². The predicted octanol–water partition coefficient (Wildman–Crippen LogP) is -0.209. The number of nitrogens with one attached hydrogen (secondary N) is 2. The molecule has 7 nitrogen and oxygen atoms in total. The molecule has 0 saturated heterocycles. The number of aliphatic hydroxyl groups excluding tert-OH is 2. The van der Waals surface area contributed by atoms with Crippen molar-refractivity contribution in [2.24, 2.45) is 0 Å². The Balaban J connectivity index is 2.80. The molecule has 0 unspecified atom stereocenters. The minimum Gasteiger partial charge on any atom is -0.394 e. The van der Waals surface area contributed by atoms with Crippen LogP contribution in [0.1, 0.15) is 49.6 Å². The molecule has 1 rings (SSSR count). The second kappa shape index (κ2) is 5.92. The molecule has 18 heavy (non-hydrogen) atoms. The van der Waals surface area contributed by atoms with Crippen molar-refractivity contribution in [2.45, 2.75) is 38.6 Å². The van der Waals surface area contributed by atoms with Crippen molar-refractivity contribution in [3.8, 4) is 0 Å². The molecular formula is C11H20N4O3. The monoisotopic (exact) mass is 256 g/mol. The van der Waals surface area contributed by atoms with Gasteiger partial charge in [0.2, 0.25) is 5.82 Å². The van der Waals surface area contributed by atoms with Gasteiger partial charge in [0.1, 0.15) is 5.82 Å². The highest BCUT2D eigenvalue weighted by Gasteiger charge is 2.30. The maximum absolute atomic E-state index is 11.9. The molecule has 7 heteroatoms. The summed E-state index contributed by atoms with van der Waals surface area (Å²) in [5, 5.41) is 27.5. The highest BCUT2D eigenvalue weighted by Crippen LogP contribution is 2.11. The fourth-order valence-corrected chi connectivity index (χ4v) is 1.37. The van der Waals surface area contributed by atoms with Crippen LogP contribution in [0.4, 0.5) is 0 Å². The van der Waals surface area contributed by atoms with E-state index >= 15 is 0 Å². The number of aromatic amines is 1. The highest BCUT2D eigenvalue weighted by molar-refractivity contribution is 5.90. The van der Waals surface area contributed by atoms with Crippen LogP contribution in [0.5, 0.6) is 0 Å². The predicted molar refractivity (Wildman–Crippen MR) is 65.1 cm³/mol. The van der Waals surface area contributed by atoms with Crippen molar-refractivity contribution >= 4 is 5.91 Å². The number of carbonyl (C=O) groups excluding carboxylic acids is 1. The third-order valence-electron chi connectivity index (χ3n) is 2.91. The molecule has 0 aliphatic carbocycles. The number of hydrogen-bond donors (Lipinski definition) is 4. The van der Waals surface area contributed by atoms with E-state index < -0.39 is 11.4 Å². The molecule has 0 fully saturated rings. The average Bonchev–Trinajstić information content (AvgIpc) is 2.86. The second-order valence-electron chi connectivity index (χ2n) is 4.60. The summed E-state index contributed by atoms with van der Waals surface area (Å²) in [6, 6.07) is 0. The van der Waals surface area contributed by atoms with Crippen LogP contribution >= 0.6 is 0 Å². The van der Waals surface area contributed by atoms with Gasteiger partial charge in [0.15, 0.2) is 0 Å². The summed E-state index contributed by atoms with van der Waals surface area (Å²) in [4.78, 5) is 15.9. The largest absolute Gasteiger partial charge is 0.394 e. The summed E-state index contributed by atoms with van der Waals surface area (Å²) in [5.41, 5.74) is -1.03. The van der Waals surface area contributed by atoms with Crippen molar-refractivity contribution in [3.63, 3.8) is 0 Å². The lowest BCUT2D eigenvalue weighted by Crippen LogP contribution is -2.54. The summed E-state index contributed by atoms with van der Waals surface area (Å²) >= 11 is 0. The topological polar surface area (TPSA) is 111 Å². The number of aromatic nitrogens is 3. The average molecular weight is 256 g/mol. The maximum Gasteiger partial charge on any atom is 0.291 e. The summed E-state index contributed by atoms with van der Waals surface area (Å²) in [5.74, 6) is 0.266. The van der Waals surface area contributed by atoms with Crippen LogP contribution in [0, 0.1) is 0 Å². The van der Waals surface area contributed by atoms with E-state index in [0.29, 0.717) is 12.2 Å². The fourth-order valence-electron chi connectivity index (χ4n) is 1.37. The van der Waals surface area contributed by atoms with Gasteiger partial charge in [-0.25, -0.2) is 4.98 Å². The molecule has 1 aromatic rings. The zero-order valence-electron chi connectivity index (χ0n) is 10.9. The van der Waals surface area contributed by atoms with Crippen molar-refractivity contribution in [1.82, 2.24) is 20.5 Å². The quantitative estimate of drug-likeness (QED) is 0.563. The molecule has 0 aliphatic rings. The zero-order chi connectivity index (χ0) is 13.8. The number of aliphatic hydroxyl groups is 2. The highest BCUT2D eigenvalue weighted by atomic mass is 16.3. The Morgan fingerprint density at radius 2 is 2.06 bits per heavy atom. The first-order valence-corrected chi connectivity index (χ1v) is 5.94. The molecule has 0 radical (unpaired) electrons. The van der Waals surface area contributed by atoms with Crippen LogP contribution in [0.2, 0.25) is 0 Å². The summed E-state index contributed by atoms with van der Waals surface area (Å²) in [6.45, 7) is 4.95. The lowest BCUT2D eigenvalue weighted by atomic mass is 9.98. The van der Waals surface area contributed by atoms with E-state index in [1.165, 1.54) is 0 Å². The first-order valence-electron chi connectivity index (χ1n) is 5.94. The smallest absolute Gasteiger partial charge is 0.291 e. The Morgan fingerprint density at radius 1 is 1.44 bits per heavy atom. The molecule has 1 heterocycles. The molecule has 0 aliphatic heterocycles. The van der Waals surface area contributed by atoms with Crippen LogP contribution in [0.15, 0.2) is 0 Å². The Labute approximate surface area is 106 Å². The van der Waals surface area contributed by atoms with Gasteiger partial charge in [-0.2, -0.15) is 0 Å². The zero-order valence-corrected chi connectivity index (χ0v) is 10.9. The summed E-state index contributed by atoms with van der Waals surface area (Å²) in [7, 11) is 0. The van der Waals surface area contributed by atoms with Gasteiger partial charge in [0, 0.05) is 5.92 Å². The van der Waals surface area contributed by atoms with Crippen LogP contribution in [0.3, 0.4) is 0 Å². The standard InChI is InChI=1S/C11H20N4O3/c1-4-11(5-16,6-17)13-10(18)9-12-8(7(2)3)14-15-9/h7,16-17H,4-6H2,1-3H3,(H,13,18)(H,12,14,15). The maximum atomic E-state index is 11.9. The van der Waals surface area contributed by atoms with Gasteiger partial charge in [-0.15, -0.1) is 5.10 Å². The van der Waals surface area contributed by atoms with E-state index in [2.05, 4.69) is 20.5 Å². The SMILES string of the molecule is CCC(CO)(CO)NC(=O)c1n[nH]c(C(C)C)n1. The molecule has 1 aromatic heterocycles. The number of hydrogen-bond acceptors (Lipinski definition) is 5. The fraction of sp³-hybridized carbons (Fsp3) is 0.727. The molecule has 0 atom stereocenters. The Bertz CT molecular complexity index is 390. The van der Waals surface area contributed by atoms with E-state index in [1.54, 1.807) is 6.92 Å². The molecular weight excluding hydrogens is 236 g/mol. The molecule has 0 bridgehead atoms. The van der Waals surface area contributed by atoms with Crippen molar-refractivity contribution in [3.05, 3.63) is 11.6 Å². The minimum atomic E-state index is -1.03. The minimum absolute atomic E-state index is 0.0124. The second-order valence-corrected chi connectivity index (χ2v) is 4.60. The summed E-state index contributed by atoms with van der Waals surface area (Å²) in [6.07, 6.45) is 0.410. The number of amides is 1. The Morgan fingerprint density at radius 3 is 2.44 bits per heavy atom. The van der Waals surface area contributed by atoms with Gasteiger partial charge in [-0.05, 0) is 6.42 Å². The van der Waals surface area contributed by atoms with E-state index in [0.717, 1.165) is 0 Å². The number of H-pyrrole nitrogens is 1. The number of nitrogens with zero attached hydrogens (tertiary/aromatic N) is 2. The van der Waals surface area contributed by atoms with Crippen LogP contribution in [0.25, 0.3) is 0 Å². The third kappa shape index (κ3) is 3.05. The lowest BCUT2D eigenvalue weighted by molar-refractivity contribution is 0.0645. The first kappa shape index (κ1) is 14.6. The molecule has 0 spiro atoms. The van der Waals surface area contributed by atoms with E-state index in [1.807, 2.05) is 13.8 Å².